The Labute approximate surface area is 176 Å². The van der Waals surface area contributed by atoms with Crippen LogP contribution in [-0.2, 0) is 11.2 Å². The number of likely N-dealkylation sites (tertiary alicyclic amines) is 1. The highest BCUT2D eigenvalue weighted by Crippen LogP contribution is 2.37. The van der Waals surface area contributed by atoms with Crippen molar-refractivity contribution >= 4 is 30.7 Å². The molecule has 0 bridgehead atoms. The summed E-state index contributed by atoms with van der Waals surface area (Å²) in [5.74, 6) is 0.690. The van der Waals surface area contributed by atoms with Gasteiger partial charge in [-0.15, -0.1) is 24.8 Å². The average Bonchev–Trinajstić information content (AvgIpc) is 3.31. The molecule has 2 aromatic rings. The number of aryl methyl sites for hydroxylation is 1. The molecule has 0 saturated carbocycles. The van der Waals surface area contributed by atoms with Crippen LogP contribution in [-0.4, -0.2) is 42.0 Å². The first-order chi connectivity index (χ1) is 12.7. The zero-order chi connectivity index (χ0) is 18.0. The topological polar surface area (TPSA) is 58.4 Å². The molecule has 0 aliphatic carbocycles. The van der Waals surface area contributed by atoms with Crippen molar-refractivity contribution in [2.45, 2.75) is 32.1 Å². The molecule has 2 aliphatic heterocycles. The molecule has 0 radical (unpaired) electrons. The van der Waals surface area contributed by atoms with Gasteiger partial charge in [-0.2, -0.15) is 0 Å². The lowest BCUT2D eigenvalue weighted by atomic mass is 9.78. The number of piperidine rings is 1. The lowest BCUT2D eigenvalue weighted by Gasteiger charge is -2.38. The zero-order valence-electron chi connectivity index (χ0n) is 15.7. The maximum atomic E-state index is 13.8. The van der Waals surface area contributed by atoms with Crippen molar-refractivity contribution in [3.05, 3.63) is 42.2 Å². The quantitative estimate of drug-likeness (QED) is 0.801. The number of carbonyl (C=O) groups excluding carboxylic acids is 1. The van der Waals surface area contributed by atoms with E-state index in [4.69, 9.17) is 4.42 Å². The number of nitrogens with one attached hydrogen (secondary N) is 1. The summed E-state index contributed by atoms with van der Waals surface area (Å²) < 4.78 is 19.4. The minimum absolute atomic E-state index is 0. The van der Waals surface area contributed by atoms with Gasteiger partial charge in [0.15, 0.2) is 11.7 Å². The normalized spacial score (nSPS) is 17.8. The van der Waals surface area contributed by atoms with Crippen LogP contribution in [0.3, 0.4) is 0 Å². The predicted molar refractivity (Wildman–Crippen MR) is 110 cm³/mol. The molecule has 1 aromatic carbocycles. The summed E-state index contributed by atoms with van der Waals surface area (Å²) >= 11 is 0. The standard InChI is InChI=1S/C20H24FN3O2.2ClH/c21-16-4-2-1-3-15(16)17-13-23-18(26-17)5-6-19(25)24-11-8-20(9-12-24)7-10-22-14-20;;/h1-4,13,22H,5-12,14H2;2*1H. The van der Waals surface area contributed by atoms with Gasteiger partial charge in [-0.25, -0.2) is 9.37 Å². The van der Waals surface area contributed by atoms with Crippen LogP contribution in [0.1, 0.15) is 31.6 Å². The fraction of sp³-hybridized carbons (Fsp3) is 0.500. The maximum absolute atomic E-state index is 13.8. The fourth-order valence-electron chi connectivity index (χ4n) is 4.04. The number of aromatic nitrogens is 1. The summed E-state index contributed by atoms with van der Waals surface area (Å²) in [6.45, 7) is 3.87. The number of hydrogen-bond acceptors (Lipinski definition) is 4. The lowest BCUT2D eigenvalue weighted by Crippen LogP contribution is -2.44. The highest BCUT2D eigenvalue weighted by Gasteiger charge is 2.37. The third-order valence-corrected chi connectivity index (χ3v) is 5.75. The second-order valence-electron chi connectivity index (χ2n) is 7.41. The zero-order valence-corrected chi connectivity index (χ0v) is 17.3. The van der Waals surface area contributed by atoms with E-state index in [1.807, 2.05) is 4.90 Å². The monoisotopic (exact) mass is 429 g/mol. The first kappa shape index (κ1) is 22.7. The molecule has 0 atom stereocenters. The van der Waals surface area contributed by atoms with Gasteiger partial charge in [0.25, 0.3) is 0 Å². The molecule has 2 fully saturated rings. The van der Waals surface area contributed by atoms with E-state index < -0.39 is 0 Å². The molecule has 3 heterocycles. The van der Waals surface area contributed by atoms with Gasteiger partial charge >= 0.3 is 0 Å². The molecular formula is C20H26Cl2FN3O2. The van der Waals surface area contributed by atoms with E-state index in [9.17, 15) is 9.18 Å². The van der Waals surface area contributed by atoms with Crippen LogP contribution >= 0.6 is 24.8 Å². The fourth-order valence-corrected chi connectivity index (χ4v) is 4.04. The van der Waals surface area contributed by atoms with Crippen LogP contribution in [0.4, 0.5) is 4.39 Å². The largest absolute Gasteiger partial charge is 0.441 e. The summed E-state index contributed by atoms with van der Waals surface area (Å²) in [5, 5.41) is 3.44. The van der Waals surface area contributed by atoms with Crippen LogP contribution in [0.2, 0.25) is 0 Å². The van der Waals surface area contributed by atoms with Crippen LogP contribution in [0.15, 0.2) is 34.9 Å². The van der Waals surface area contributed by atoms with Crippen molar-refractivity contribution in [2.75, 3.05) is 26.2 Å². The van der Waals surface area contributed by atoms with E-state index in [0.29, 0.717) is 35.5 Å². The van der Waals surface area contributed by atoms with E-state index in [1.54, 1.807) is 18.2 Å². The number of hydrogen-bond donors (Lipinski definition) is 1. The maximum Gasteiger partial charge on any atom is 0.223 e. The van der Waals surface area contributed by atoms with Crippen molar-refractivity contribution < 1.29 is 13.6 Å². The Balaban J connectivity index is 0.00000140. The van der Waals surface area contributed by atoms with Crippen LogP contribution in [0.5, 0.6) is 0 Å². The molecule has 8 heteroatoms. The van der Waals surface area contributed by atoms with Crippen molar-refractivity contribution in [3.8, 4) is 11.3 Å². The van der Waals surface area contributed by atoms with Gasteiger partial charge in [0.1, 0.15) is 5.82 Å². The molecule has 1 aromatic heterocycles. The second kappa shape index (κ2) is 9.72. The van der Waals surface area contributed by atoms with Gasteiger partial charge in [0.05, 0.1) is 11.8 Å². The molecule has 1 spiro atoms. The summed E-state index contributed by atoms with van der Waals surface area (Å²) in [6.07, 6.45) is 5.74. The van der Waals surface area contributed by atoms with Crippen molar-refractivity contribution in [2.24, 2.45) is 5.41 Å². The molecule has 154 valence electrons. The SMILES string of the molecule is Cl.Cl.O=C(CCc1ncc(-c2ccccc2F)o1)N1CCC2(CCNC2)CC1. The Bertz CT molecular complexity index is 783. The van der Waals surface area contributed by atoms with E-state index in [2.05, 4.69) is 10.3 Å². The number of carbonyl (C=O) groups is 1. The van der Waals surface area contributed by atoms with Crippen molar-refractivity contribution in [3.63, 3.8) is 0 Å². The van der Waals surface area contributed by atoms with E-state index >= 15 is 0 Å². The second-order valence-corrected chi connectivity index (χ2v) is 7.41. The Morgan fingerprint density at radius 1 is 1.21 bits per heavy atom. The number of amides is 1. The first-order valence-electron chi connectivity index (χ1n) is 9.33. The molecule has 2 saturated heterocycles. The third-order valence-electron chi connectivity index (χ3n) is 5.75. The number of oxazole rings is 1. The van der Waals surface area contributed by atoms with Gasteiger partial charge < -0.3 is 14.6 Å². The Hall–Kier alpha value is -1.63. The summed E-state index contributed by atoms with van der Waals surface area (Å²) in [6, 6.07) is 6.45. The first-order valence-corrected chi connectivity index (χ1v) is 9.33. The highest BCUT2D eigenvalue weighted by atomic mass is 35.5. The van der Waals surface area contributed by atoms with Crippen LogP contribution in [0.25, 0.3) is 11.3 Å². The van der Waals surface area contributed by atoms with Gasteiger partial charge in [-0.1, -0.05) is 12.1 Å². The molecular weight excluding hydrogens is 404 g/mol. The van der Waals surface area contributed by atoms with Crippen molar-refractivity contribution in [1.82, 2.24) is 15.2 Å². The summed E-state index contributed by atoms with van der Waals surface area (Å²) in [7, 11) is 0. The molecule has 4 rings (SSSR count). The lowest BCUT2D eigenvalue weighted by molar-refractivity contribution is -0.133. The highest BCUT2D eigenvalue weighted by molar-refractivity contribution is 5.85. The Kier molecular flexibility index (Phi) is 7.87. The number of rotatable bonds is 4. The average molecular weight is 430 g/mol. The van der Waals surface area contributed by atoms with E-state index in [-0.39, 0.29) is 36.5 Å². The molecule has 0 unspecified atom stereocenters. The molecule has 1 N–H and O–H groups in total. The van der Waals surface area contributed by atoms with E-state index in [0.717, 1.165) is 39.0 Å². The Morgan fingerprint density at radius 2 is 1.96 bits per heavy atom. The molecule has 1 amide bonds. The minimum Gasteiger partial charge on any atom is -0.441 e. The summed E-state index contributed by atoms with van der Waals surface area (Å²) in [4.78, 5) is 18.6. The van der Waals surface area contributed by atoms with Gasteiger partial charge in [-0.3, -0.25) is 4.79 Å². The van der Waals surface area contributed by atoms with Gasteiger partial charge in [-0.05, 0) is 43.4 Å². The smallest absolute Gasteiger partial charge is 0.223 e. The predicted octanol–water partition coefficient (Wildman–Crippen LogP) is 3.86. The molecule has 2 aliphatic rings. The third kappa shape index (κ3) is 4.85. The Morgan fingerprint density at radius 3 is 2.64 bits per heavy atom. The molecule has 5 nitrogen and oxygen atoms in total. The van der Waals surface area contributed by atoms with Crippen LogP contribution < -0.4 is 5.32 Å². The summed E-state index contributed by atoms with van der Waals surface area (Å²) in [5.41, 5.74) is 0.803. The van der Waals surface area contributed by atoms with Gasteiger partial charge in [0.2, 0.25) is 5.91 Å². The van der Waals surface area contributed by atoms with Crippen molar-refractivity contribution in [1.29, 1.82) is 0 Å². The van der Waals surface area contributed by atoms with Gasteiger partial charge in [0, 0.05) is 32.5 Å². The van der Waals surface area contributed by atoms with E-state index in [1.165, 1.54) is 18.7 Å². The number of benzene rings is 1. The van der Waals surface area contributed by atoms with Crippen LogP contribution in [0, 0.1) is 11.2 Å². The minimum atomic E-state index is -0.338. The number of halogens is 3. The molecule has 28 heavy (non-hydrogen) atoms. The number of nitrogens with zero attached hydrogens (tertiary/aromatic N) is 2.